The largest absolute Gasteiger partial charge is 0.548 e. The molecule has 0 radical (unpaired) electrons. The van der Waals surface area contributed by atoms with Gasteiger partial charge in [-0.1, -0.05) is 0 Å². The van der Waals surface area contributed by atoms with Crippen molar-refractivity contribution in [2.75, 3.05) is 0 Å². The molecule has 1 heterocycles. The minimum Gasteiger partial charge on any atom is -0.548 e. The Morgan fingerprint density at radius 3 is 2.62 bits per heavy atom. The highest BCUT2D eigenvalue weighted by atomic mass is 16.4. The van der Waals surface area contributed by atoms with Gasteiger partial charge in [0.05, 0.1) is 24.7 Å². The summed E-state index contributed by atoms with van der Waals surface area (Å²) < 4.78 is 4.74. The van der Waals surface area contributed by atoms with E-state index in [2.05, 4.69) is 5.32 Å². The molecule has 7 nitrogen and oxygen atoms in total. The molecule has 1 aromatic heterocycles. The van der Waals surface area contributed by atoms with Crippen molar-refractivity contribution < 1.29 is 23.9 Å². The lowest BCUT2D eigenvalue weighted by Crippen LogP contribution is -2.49. The average molecular weight is 225 g/mol. The molecule has 16 heavy (non-hydrogen) atoms. The van der Waals surface area contributed by atoms with E-state index in [1.165, 1.54) is 18.4 Å². The van der Waals surface area contributed by atoms with Crippen LogP contribution in [0.15, 0.2) is 22.8 Å². The van der Waals surface area contributed by atoms with Gasteiger partial charge in [0.15, 0.2) is 5.76 Å². The summed E-state index contributed by atoms with van der Waals surface area (Å²) in [6.45, 7) is 0. The normalized spacial score (nSPS) is 11.8. The van der Waals surface area contributed by atoms with E-state index in [0.29, 0.717) is 0 Å². The van der Waals surface area contributed by atoms with Crippen molar-refractivity contribution >= 4 is 17.8 Å². The number of nitrogens with two attached hydrogens (primary N) is 1. The molecule has 0 saturated heterocycles. The Labute approximate surface area is 90.2 Å². The Hall–Kier alpha value is -2.31. The summed E-state index contributed by atoms with van der Waals surface area (Å²) in [6.07, 6.45) is 0.728. The SMILES string of the molecule is NC(=O)CC(NC(=O)c1ccco1)C(=O)[O-]. The summed E-state index contributed by atoms with van der Waals surface area (Å²) in [5, 5.41) is 12.6. The first kappa shape index (κ1) is 11.8. The monoisotopic (exact) mass is 225 g/mol. The summed E-state index contributed by atoms with van der Waals surface area (Å²) in [6, 6.07) is 1.36. The Morgan fingerprint density at radius 1 is 1.50 bits per heavy atom. The lowest BCUT2D eigenvalue weighted by Gasteiger charge is -2.17. The topological polar surface area (TPSA) is 125 Å². The molecule has 7 heteroatoms. The molecule has 0 aromatic carbocycles. The Morgan fingerprint density at radius 2 is 2.19 bits per heavy atom. The number of carboxylic acid groups (broad SMARTS) is 1. The molecule has 1 aromatic rings. The van der Waals surface area contributed by atoms with Gasteiger partial charge in [-0.05, 0) is 12.1 Å². The molecule has 0 aliphatic rings. The average Bonchev–Trinajstić information content (AvgIpc) is 2.68. The maximum Gasteiger partial charge on any atom is 0.287 e. The van der Waals surface area contributed by atoms with Gasteiger partial charge in [0.1, 0.15) is 0 Å². The maximum atomic E-state index is 11.4. The van der Waals surface area contributed by atoms with Gasteiger partial charge >= 0.3 is 0 Å². The summed E-state index contributed by atoms with van der Waals surface area (Å²) in [7, 11) is 0. The third-order valence-electron chi connectivity index (χ3n) is 1.74. The van der Waals surface area contributed by atoms with Crippen LogP contribution < -0.4 is 16.2 Å². The summed E-state index contributed by atoms with van der Waals surface area (Å²) >= 11 is 0. The number of rotatable bonds is 5. The van der Waals surface area contributed by atoms with Crippen LogP contribution in [0.4, 0.5) is 0 Å². The number of carboxylic acids is 1. The number of carbonyl (C=O) groups is 3. The molecule has 0 bridgehead atoms. The number of nitrogens with one attached hydrogen (secondary N) is 1. The second-order valence-electron chi connectivity index (χ2n) is 2.99. The van der Waals surface area contributed by atoms with Crippen molar-refractivity contribution in [2.24, 2.45) is 5.73 Å². The van der Waals surface area contributed by atoms with Gasteiger partial charge in [0, 0.05) is 0 Å². The van der Waals surface area contributed by atoms with Gasteiger partial charge in [0.2, 0.25) is 5.91 Å². The fraction of sp³-hybridized carbons (Fsp3) is 0.222. The quantitative estimate of drug-likeness (QED) is 0.599. The summed E-state index contributed by atoms with van der Waals surface area (Å²) in [5.74, 6) is -3.25. The van der Waals surface area contributed by atoms with Gasteiger partial charge < -0.3 is 25.4 Å². The molecule has 0 aliphatic carbocycles. The molecule has 0 fully saturated rings. The molecule has 1 rings (SSSR count). The zero-order chi connectivity index (χ0) is 12.1. The minimum atomic E-state index is -1.58. The van der Waals surface area contributed by atoms with E-state index >= 15 is 0 Å². The Bertz CT molecular complexity index is 398. The van der Waals surface area contributed by atoms with Gasteiger partial charge in [0.25, 0.3) is 5.91 Å². The standard InChI is InChI=1S/C9H10N2O5/c10-7(12)4-5(9(14)15)11-8(13)6-2-1-3-16-6/h1-3,5H,4H2,(H2,10,12)(H,11,13)(H,14,15)/p-1. The minimum absolute atomic E-state index is 0.0595. The van der Waals surface area contributed by atoms with Gasteiger partial charge in [-0.25, -0.2) is 0 Å². The summed E-state index contributed by atoms with van der Waals surface area (Å²) in [4.78, 5) is 32.5. The van der Waals surface area contributed by atoms with E-state index in [1.807, 2.05) is 0 Å². The third-order valence-corrected chi connectivity index (χ3v) is 1.74. The van der Waals surface area contributed by atoms with E-state index in [0.717, 1.165) is 0 Å². The van der Waals surface area contributed by atoms with E-state index < -0.39 is 30.2 Å². The molecule has 3 N–H and O–H groups in total. The first-order valence-electron chi connectivity index (χ1n) is 4.34. The molecule has 86 valence electrons. The highest BCUT2D eigenvalue weighted by Crippen LogP contribution is 2.01. The van der Waals surface area contributed by atoms with Crippen molar-refractivity contribution in [1.29, 1.82) is 0 Å². The first-order chi connectivity index (χ1) is 7.50. The predicted molar refractivity (Wildman–Crippen MR) is 48.8 cm³/mol. The molecule has 0 saturated carbocycles. The van der Waals surface area contributed by atoms with E-state index in [4.69, 9.17) is 10.2 Å². The van der Waals surface area contributed by atoms with Crippen molar-refractivity contribution in [3.8, 4) is 0 Å². The molecule has 2 amide bonds. The summed E-state index contributed by atoms with van der Waals surface area (Å²) in [5.41, 5.74) is 4.82. The maximum absolute atomic E-state index is 11.4. The lowest BCUT2D eigenvalue weighted by atomic mass is 10.2. The number of furan rings is 1. The zero-order valence-electron chi connectivity index (χ0n) is 8.14. The highest BCUT2D eigenvalue weighted by Gasteiger charge is 2.18. The molecule has 0 aliphatic heterocycles. The molecule has 0 spiro atoms. The Kier molecular flexibility index (Phi) is 3.65. The second kappa shape index (κ2) is 4.96. The van der Waals surface area contributed by atoms with Crippen LogP contribution in [0.1, 0.15) is 17.0 Å². The first-order valence-corrected chi connectivity index (χ1v) is 4.34. The molecular formula is C9H9N2O5-. The van der Waals surface area contributed by atoms with E-state index in [9.17, 15) is 19.5 Å². The van der Waals surface area contributed by atoms with Crippen LogP contribution in [-0.2, 0) is 9.59 Å². The highest BCUT2D eigenvalue weighted by molar-refractivity contribution is 5.95. The van der Waals surface area contributed by atoms with Gasteiger partial charge in [-0.3, -0.25) is 9.59 Å². The van der Waals surface area contributed by atoms with Crippen molar-refractivity contribution in [1.82, 2.24) is 5.32 Å². The van der Waals surface area contributed by atoms with Crippen molar-refractivity contribution in [3.63, 3.8) is 0 Å². The fourth-order valence-corrected chi connectivity index (χ4v) is 1.03. The van der Waals surface area contributed by atoms with Crippen molar-refractivity contribution in [3.05, 3.63) is 24.2 Å². The van der Waals surface area contributed by atoms with Gasteiger partial charge in [-0.2, -0.15) is 0 Å². The fourth-order valence-electron chi connectivity index (χ4n) is 1.03. The van der Waals surface area contributed by atoms with E-state index in [1.54, 1.807) is 0 Å². The predicted octanol–water partition coefficient (Wildman–Crippen LogP) is -2.00. The Balaban J connectivity index is 2.65. The molecule has 1 atom stereocenters. The van der Waals surface area contributed by atoms with Crippen LogP contribution in [-0.4, -0.2) is 23.8 Å². The van der Waals surface area contributed by atoms with Crippen molar-refractivity contribution in [2.45, 2.75) is 12.5 Å². The number of carbonyl (C=O) groups excluding carboxylic acids is 3. The molecular weight excluding hydrogens is 216 g/mol. The lowest BCUT2D eigenvalue weighted by molar-refractivity contribution is -0.308. The second-order valence-corrected chi connectivity index (χ2v) is 2.99. The van der Waals surface area contributed by atoms with Crippen LogP contribution in [0.2, 0.25) is 0 Å². The van der Waals surface area contributed by atoms with Crippen LogP contribution in [0.5, 0.6) is 0 Å². The number of amides is 2. The van der Waals surface area contributed by atoms with Crippen LogP contribution in [0.25, 0.3) is 0 Å². The number of aliphatic carboxylic acids is 1. The molecule has 1 unspecified atom stereocenters. The number of primary amides is 1. The van der Waals surface area contributed by atoms with Crippen LogP contribution in [0.3, 0.4) is 0 Å². The van der Waals surface area contributed by atoms with Crippen LogP contribution in [0, 0.1) is 0 Å². The smallest absolute Gasteiger partial charge is 0.287 e. The number of hydrogen-bond acceptors (Lipinski definition) is 5. The third kappa shape index (κ3) is 3.12. The number of hydrogen-bond donors (Lipinski definition) is 2. The van der Waals surface area contributed by atoms with Gasteiger partial charge in [-0.15, -0.1) is 0 Å². The van der Waals surface area contributed by atoms with Crippen LogP contribution >= 0.6 is 0 Å². The van der Waals surface area contributed by atoms with E-state index in [-0.39, 0.29) is 5.76 Å². The zero-order valence-corrected chi connectivity index (χ0v) is 8.14.